The standard InChI is InChI=1S/C23H25N3O2/c1-15-3-6-19(7-4-15)25-23(28)18-12-22(27)26(14-18)10-9-17-13-24-21-8-5-16(2)11-20(17)21/h3-8,11,13,18,24H,9-10,12,14H2,1-2H3,(H,25,28). The van der Waals surface area contributed by atoms with Crippen LogP contribution in [-0.2, 0) is 16.0 Å². The van der Waals surface area contributed by atoms with E-state index >= 15 is 0 Å². The van der Waals surface area contributed by atoms with Crippen molar-refractivity contribution in [2.75, 3.05) is 18.4 Å². The average Bonchev–Trinajstić information content (AvgIpc) is 3.25. The third-order valence-corrected chi connectivity index (χ3v) is 5.48. The number of H-pyrrole nitrogens is 1. The smallest absolute Gasteiger partial charge is 0.229 e. The van der Waals surface area contributed by atoms with E-state index in [1.165, 1.54) is 16.5 Å². The first-order valence-corrected chi connectivity index (χ1v) is 9.71. The van der Waals surface area contributed by atoms with Crippen LogP contribution in [0, 0.1) is 19.8 Å². The molecule has 2 aromatic carbocycles. The Balaban J connectivity index is 1.37. The van der Waals surface area contributed by atoms with E-state index in [9.17, 15) is 9.59 Å². The number of likely N-dealkylation sites (tertiary alicyclic amines) is 1. The van der Waals surface area contributed by atoms with Gasteiger partial charge in [0.2, 0.25) is 11.8 Å². The maximum Gasteiger partial charge on any atom is 0.229 e. The largest absolute Gasteiger partial charge is 0.361 e. The number of amides is 2. The minimum Gasteiger partial charge on any atom is -0.361 e. The molecular formula is C23H25N3O2. The molecule has 0 aliphatic carbocycles. The van der Waals surface area contributed by atoms with Crippen LogP contribution in [0.4, 0.5) is 5.69 Å². The van der Waals surface area contributed by atoms with E-state index < -0.39 is 0 Å². The fourth-order valence-electron chi connectivity index (χ4n) is 3.80. The molecule has 2 N–H and O–H groups in total. The molecule has 28 heavy (non-hydrogen) atoms. The van der Waals surface area contributed by atoms with Gasteiger partial charge in [-0.3, -0.25) is 9.59 Å². The highest BCUT2D eigenvalue weighted by Gasteiger charge is 2.34. The van der Waals surface area contributed by atoms with Crippen LogP contribution < -0.4 is 5.32 Å². The molecule has 5 nitrogen and oxygen atoms in total. The van der Waals surface area contributed by atoms with Gasteiger partial charge in [-0.05, 0) is 50.1 Å². The van der Waals surface area contributed by atoms with Crippen LogP contribution in [0.2, 0.25) is 0 Å². The summed E-state index contributed by atoms with van der Waals surface area (Å²) in [5, 5.41) is 4.14. The number of rotatable bonds is 5. The number of benzene rings is 2. The summed E-state index contributed by atoms with van der Waals surface area (Å²) in [5.74, 6) is -0.318. The maximum atomic E-state index is 12.5. The number of nitrogens with one attached hydrogen (secondary N) is 2. The number of fused-ring (bicyclic) bond motifs is 1. The molecule has 2 heterocycles. The molecule has 144 valence electrons. The van der Waals surface area contributed by atoms with E-state index in [4.69, 9.17) is 0 Å². The Bertz CT molecular complexity index is 1020. The van der Waals surface area contributed by atoms with Gasteiger partial charge in [-0.2, -0.15) is 0 Å². The monoisotopic (exact) mass is 375 g/mol. The molecule has 1 aliphatic rings. The molecule has 1 unspecified atom stereocenters. The fourth-order valence-corrected chi connectivity index (χ4v) is 3.80. The minimum absolute atomic E-state index is 0.0556. The number of carbonyl (C=O) groups excluding carboxylic acids is 2. The van der Waals surface area contributed by atoms with Crippen LogP contribution >= 0.6 is 0 Å². The average molecular weight is 375 g/mol. The van der Waals surface area contributed by atoms with Gasteiger partial charge >= 0.3 is 0 Å². The van der Waals surface area contributed by atoms with E-state index in [1.807, 2.05) is 42.3 Å². The van der Waals surface area contributed by atoms with E-state index in [-0.39, 0.29) is 24.2 Å². The number of anilines is 1. The van der Waals surface area contributed by atoms with Crippen molar-refractivity contribution in [2.45, 2.75) is 26.7 Å². The summed E-state index contributed by atoms with van der Waals surface area (Å²) in [5.41, 5.74) is 5.46. The second-order valence-electron chi connectivity index (χ2n) is 7.71. The number of aryl methyl sites for hydroxylation is 2. The summed E-state index contributed by atoms with van der Waals surface area (Å²) in [6.07, 6.45) is 3.08. The molecule has 0 spiro atoms. The van der Waals surface area contributed by atoms with Crippen molar-refractivity contribution in [2.24, 2.45) is 5.92 Å². The van der Waals surface area contributed by atoms with Crippen molar-refractivity contribution in [1.29, 1.82) is 0 Å². The molecule has 0 saturated carbocycles. The Kier molecular flexibility index (Phi) is 4.90. The number of carbonyl (C=O) groups is 2. The van der Waals surface area contributed by atoms with Crippen molar-refractivity contribution in [3.05, 3.63) is 65.4 Å². The lowest BCUT2D eigenvalue weighted by atomic mass is 10.1. The Morgan fingerprint density at radius 2 is 1.89 bits per heavy atom. The molecule has 4 rings (SSSR count). The second kappa shape index (κ2) is 7.50. The number of hydrogen-bond acceptors (Lipinski definition) is 2. The van der Waals surface area contributed by atoms with Crippen LogP contribution in [0.25, 0.3) is 10.9 Å². The summed E-state index contributed by atoms with van der Waals surface area (Å²) in [6.45, 7) is 5.21. The molecule has 1 saturated heterocycles. The lowest BCUT2D eigenvalue weighted by molar-refractivity contribution is -0.128. The van der Waals surface area contributed by atoms with Crippen molar-refractivity contribution >= 4 is 28.4 Å². The predicted molar refractivity (Wildman–Crippen MR) is 111 cm³/mol. The molecule has 1 fully saturated rings. The lowest BCUT2D eigenvalue weighted by Crippen LogP contribution is -2.30. The maximum absolute atomic E-state index is 12.5. The van der Waals surface area contributed by atoms with Crippen LogP contribution in [0.15, 0.2) is 48.7 Å². The quantitative estimate of drug-likeness (QED) is 0.712. The number of hydrogen-bond donors (Lipinski definition) is 2. The van der Waals surface area contributed by atoms with Crippen LogP contribution in [0.5, 0.6) is 0 Å². The lowest BCUT2D eigenvalue weighted by Gasteiger charge is -2.16. The van der Waals surface area contributed by atoms with Crippen LogP contribution in [-0.4, -0.2) is 34.8 Å². The molecule has 1 aliphatic heterocycles. The van der Waals surface area contributed by atoms with E-state index in [1.54, 1.807) is 0 Å². The van der Waals surface area contributed by atoms with Gasteiger partial charge in [0, 0.05) is 42.3 Å². The third kappa shape index (κ3) is 3.79. The van der Waals surface area contributed by atoms with Gasteiger partial charge in [-0.1, -0.05) is 29.3 Å². The van der Waals surface area contributed by atoms with E-state index in [2.05, 4.69) is 35.4 Å². The fraction of sp³-hybridized carbons (Fsp3) is 0.304. The van der Waals surface area contributed by atoms with Crippen LogP contribution in [0.3, 0.4) is 0 Å². The molecule has 0 bridgehead atoms. The van der Waals surface area contributed by atoms with Crippen molar-refractivity contribution in [3.8, 4) is 0 Å². The zero-order chi connectivity index (χ0) is 19.7. The first kappa shape index (κ1) is 18.3. The summed E-state index contributed by atoms with van der Waals surface area (Å²) in [6, 6.07) is 14.0. The number of aromatic amines is 1. The summed E-state index contributed by atoms with van der Waals surface area (Å²) < 4.78 is 0. The second-order valence-corrected chi connectivity index (χ2v) is 7.71. The highest BCUT2D eigenvalue weighted by molar-refractivity contribution is 5.97. The molecule has 1 atom stereocenters. The number of nitrogens with zero attached hydrogens (tertiary/aromatic N) is 1. The van der Waals surface area contributed by atoms with Crippen molar-refractivity contribution in [1.82, 2.24) is 9.88 Å². The Labute approximate surface area is 164 Å². The summed E-state index contributed by atoms with van der Waals surface area (Å²) >= 11 is 0. The van der Waals surface area contributed by atoms with Gasteiger partial charge in [-0.25, -0.2) is 0 Å². The van der Waals surface area contributed by atoms with Gasteiger partial charge in [0.15, 0.2) is 0 Å². The van der Waals surface area contributed by atoms with Crippen molar-refractivity contribution < 1.29 is 9.59 Å². The third-order valence-electron chi connectivity index (χ3n) is 5.48. The topological polar surface area (TPSA) is 65.2 Å². The van der Waals surface area contributed by atoms with Gasteiger partial charge in [-0.15, -0.1) is 0 Å². The van der Waals surface area contributed by atoms with Gasteiger partial charge in [0.05, 0.1) is 5.92 Å². The molecule has 3 aromatic rings. The normalized spacial score (nSPS) is 16.7. The Hall–Kier alpha value is -3.08. The highest BCUT2D eigenvalue weighted by Crippen LogP contribution is 2.23. The SMILES string of the molecule is Cc1ccc(NC(=O)C2CC(=O)N(CCc3c[nH]c4ccc(C)cc34)C2)cc1. The van der Waals surface area contributed by atoms with E-state index in [0.29, 0.717) is 13.1 Å². The summed E-state index contributed by atoms with van der Waals surface area (Å²) in [4.78, 5) is 30.0. The Morgan fingerprint density at radius 1 is 1.14 bits per heavy atom. The predicted octanol–water partition coefficient (Wildman–Crippen LogP) is 3.81. The number of aromatic nitrogens is 1. The molecular weight excluding hydrogens is 350 g/mol. The molecule has 5 heteroatoms. The van der Waals surface area contributed by atoms with Gasteiger partial charge in [0.1, 0.15) is 0 Å². The highest BCUT2D eigenvalue weighted by atomic mass is 16.2. The zero-order valence-corrected chi connectivity index (χ0v) is 16.3. The minimum atomic E-state index is -0.293. The molecule has 0 radical (unpaired) electrons. The first-order valence-electron chi connectivity index (χ1n) is 9.71. The molecule has 1 aromatic heterocycles. The van der Waals surface area contributed by atoms with Crippen LogP contribution in [0.1, 0.15) is 23.1 Å². The molecule has 2 amide bonds. The Morgan fingerprint density at radius 3 is 2.68 bits per heavy atom. The zero-order valence-electron chi connectivity index (χ0n) is 16.3. The van der Waals surface area contributed by atoms with Crippen molar-refractivity contribution in [3.63, 3.8) is 0 Å². The van der Waals surface area contributed by atoms with E-state index in [0.717, 1.165) is 23.2 Å². The van der Waals surface area contributed by atoms with Gasteiger partial charge < -0.3 is 15.2 Å². The summed E-state index contributed by atoms with van der Waals surface area (Å²) in [7, 11) is 0. The van der Waals surface area contributed by atoms with Gasteiger partial charge in [0.25, 0.3) is 0 Å². The first-order chi connectivity index (χ1) is 13.5.